The van der Waals surface area contributed by atoms with Crippen molar-refractivity contribution in [2.75, 3.05) is 4.90 Å². The highest BCUT2D eigenvalue weighted by molar-refractivity contribution is 7.81. The van der Waals surface area contributed by atoms with Crippen molar-refractivity contribution in [2.45, 2.75) is 12.4 Å². The number of hydrogen-bond donors (Lipinski definition) is 2. The Morgan fingerprint density at radius 3 is 2.42 bits per heavy atom. The van der Waals surface area contributed by atoms with Crippen molar-refractivity contribution in [1.29, 1.82) is 0 Å². The van der Waals surface area contributed by atoms with Crippen LogP contribution in [0.4, 0.5) is 5.69 Å². The van der Waals surface area contributed by atoms with Crippen LogP contribution in [0.1, 0.15) is 11.1 Å². The Balaban J connectivity index is 1.99. The molecule has 0 aromatic heterocycles. The van der Waals surface area contributed by atoms with Gasteiger partial charge in [0, 0.05) is 11.3 Å². The van der Waals surface area contributed by atoms with Gasteiger partial charge < -0.3 is 0 Å². The lowest BCUT2D eigenvalue weighted by atomic mass is 10.1. The molecule has 0 saturated heterocycles. The lowest BCUT2D eigenvalue weighted by Crippen LogP contribution is -2.36. The van der Waals surface area contributed by atoms with Crippen LogP contribution in [0.5, 0.6) is 0 Å². The van der Waals surface area contributed by atoms with Crippen LogP contribution in [0.25, 0.3) is 0 Å². The third-order valence-electron chi connectivity index (χ3n) is 3.10. The number of benzene rings is 2. The fourth-order valence-electron chi connectivity index (χ4n) is 2.10. The molecule has 3 nitrogen and oxygen atoms in total. The second kappa shape index (κ2) is 4.97. The number of rotatable bonds is 2. The van der Waals surface area contributed by atoms with Crippen molar-refractivity contribution in [1.82, 2.24) is 5.43 Å². The van der Waals surface area contributed by atoms with E-state index < -0.39 is 0 Å². The normalized spacial score (nSPS) is 18.1. The van der Waals surface area contributed by atoms with Crippen LogP contribution < -0.4 is 10.3 Å². The van der Waals surface area contributed by atoms with Gasteiger partial charge >= 0.3 is 0 Å². The number of nitrogens with zero attached hydrogens (tertiary/aromatic N) is 2. The van der Waals surface area contributed by atoms with Crippen molar-refractivity contribution in [2.24, 2.45) is 5.10 Å². The number of nitrogens with one attached hydrogen (secondary N) is 1. The van der Waals surface area contributed by atoms with Crippen LogP contribution in [0.3, 0.4) is 0 Å². The fraction of sp³-hybridized carbons (Fsp3) is 0.133. The van der Waals surface area contributed by atoms with E-state index in [4.69, 9.17) is 0 Å². The number of thiol groups is 1. The highest BCUT2D eigenvalue weighted by atomic mass is 32.1. The Hall–Kier alpha value is -1.94. The van der Waals surface area contributed by atoms with Crippen LogP contribution >= 0.6 is 12.6 Å². The van der Waals surface area contributed by atoms with Crippen LogP contribution in [0.2, 0.25) is 0 Å². The quantitative estimate of drug-likeness (QED) is 0.820. The Morgan fingerprint density at radius 2 is 1.74 bits per heavy atom. The molecule has 3 rings (SSSR count). The monoisotopic (exact) mass is 269 g/mol. The van der Waals surface area contributed by atoms with Gasteiger partial charge in [0.1, 0.15) is 0 Å². The summed E-state index contributed by atoms with van der Waals surface area (Å²) in [6.45, 7) is 2.08. The van der Waals surface area contributed by atoms with Gasteiger partial charge in [-0.05, 0) is 19.1 Å². The maximum Gasteiger partial charge on any atom is 0.166 e. The van der Waals surface area contributed by atoms with Crippen LogP contribution in [0, 0.1) is 6.92 Å². The SMILES string of the molecule is Cc1ccc(C2=NNC(S)N2c2ccccc2)cc1. The Kier molecular flexibility index (Phi) is 3.17. The molecule has 96 valence electrons. The minimum absolute atomic E-state index is 0.140. The molecule has 0 radical (unpaired) electrons. The minimum atomic E-state index is -0.140. The van der Waals surface area contributed by atoms with E-state index in [1.807, 2.05) is 18.2 Å². The summed E-state index contributed by atoms with van der Waals surface area (Å²) < 4.78 is 0. The molecule has 2 aromatic carbocycles. The fourth-order valence-corrected chi connectivity index (χ4v) is 2.41. The molecular formula is C15H15N3S. The predicted octanol–water partition coefficient (Wildman–Crippen LogP) is 2.98. The smallest absolute Gasteiger partial charge is 0.166 e. The zero-order valence-corrected chi connectivity index (χ0v) is 11.5. The van der Waals surface area contributed by atoms with Crippen molar-refractivity contribution in [3.05, 3.63) is 65.7 Å². The summed E-state index contributed by atoms with van der Waals surface area (Å²) in [5.74, 6) is 0.895. The summed E-state index contributed by atoms with van der Waals surface area (Å²) in [7, 11) is 0. The summed E-state index contributed by atoms with van der Waals surface area (Å²) >= 11 is 4.53. The summed E-state index contributed by atoms with van der Waals surface area (Å²) in [6.07, 6.45) is 0. The maximum atomic E-state index is 4.53. The van der Waals surface area contributed by atoms with Crippen molar-refractivity contribution in [3.63, 3.8) is 0 Å². The minimum Gasteiger partial charge on any atom is -0.293 e. The first kappa shape index (κ1) is 12.1. The molecule has 0 fully saturated rings. The summed E-state index contributed by atoms with van der Waals surface area (Å²) in [5, 5.41) is 4.39. The Labute approximate surface area is 118 Å². The van der Waals surface area contributed by atoms with Gasteiger partial charge in [-0.2, -0.15) is 5.10 Å². The molecule has 0 saturated carbocycles. The van der Waals surface area contributed by atoms with E-state index in [0.717, 1.165) is 17.1 Å². The molecule has 1 unspecified atom stereocenters. The average Bonchev–Trinajstić information content (AvgIpc) is 2.82. The largest absolute Gasteiger partial charge is 0.293 e. The predicted molar refractivity (Wildman–Crippen MR) is 82.5 cm³/mol. The highest BCUT2D eigenvalue weighted by Crippen LogP contribution is 2.24. The van der Waals surface area contributed by atoms with Crippen molar-refractivity contribution in [3.8, 4) is 0 Å². The molecule has 0 amide bonds. The van der Waals surface area contributed by atoms with E-state index in [1.165, 1.54) is 5.56 Å². The second-order valence-corrected chi connectivity index (χ2v) is 5.00. The molecule has 1 N–H and O–H groups in total. The van der Waals surface area contributed by atoms with Crippen molar-refractivity contribution >= 4 is 24.2 Å². The topological polar surface area (TPSA) is 27.6 Å². The molecule has 4 heteroatoms. The standard InChI is InChI=1S/C15H15N3S/c1-11-7-9-12(10-8-11)14-16-17-15(19)18(14)13-5-3-2-4-6-13/h2-10,15,17,19H,1H3. The number of anilines is 1. The number of amidine groups is 1. The molecule has 1 atom stereocenters. The van der Waals surface area contributed by atoms with Gasteiger partial charge in [-0.3, -0.25) is 10.3 Å². The zero-order valence-electron chi connectivity index (χ0n) is 10.6. The van der Waals surface area contributed by atoms with Gasteiger partial charge in [0.25, 0.3) is 0 Å². The molecule has 19 heavy (non-hydrogen) atoms. The van der Waals surface area contributed by atoms with E-state index in [2.05, 4.69) is 71.4 Å². The molecule has 1 heterocycles. The number of hydrogen-bond acceptors (Lipinski definition) is 4. The molecule has 0 bridgehead atoms. The second-order valence-electron chi connectivity index (χ2n) is 4.51. The molecular weight excluding hydrogens is 254 g/mol. The van der Waals surface area contributed by atoms with Crippen molar-refractivity contribution < 1.29 is 0 Å². The zero-order chi connectivity index (χ0) is 13.2. The van der Waals surface area contributed by atoms with Gasteiger partial charge in [0.2, 0.25) is 0 Å². The van der Waals surface area contributed by atoms with Crippen LogP contribution in [-0.4, -0.2) is 11.3 Å². The molecule has 2 aromatic rings. The van der Waals surface area contributed by atoms with Gasteiger partial charge in [0.05, 0.1) is 0 Å². The number of para-hydroxylation sites is 1. The maximum absolute atomic E-state index is 4.53. The Morgan fingerprint density at radius 1 is 1.05 bits per heavy atom. The third kappa shape index (κ3) is 2.31. The first-order valence-electron chi connectivity index (χ1n) is 6.18. The number of aryl methyl sites for hydroxylation is 1. The first-order chi connectivity index (χ1) is 9.25. The average molecular weight is 269 g/mol. The summed E-state index contributed by atoms with van der Waals surface area (Å²) in [6, 6.07) is 18.5. The summed E-state index contributed by atoms with van der Waals surface area (Å²) in [5.41, 5.74) is 6.27. The summed E-state index contributed by atoms with van der Waals surface area (Å²) in [4.78, 5) is 2.08. The molecule has 1 aliphatic rings. The van der Waals surface area contributed by atoms with Crippen LogP contribution in [0.15, 0.2) is 59.7 Å². The van der Waals surface area contributed by atoms with E-state index in [1.54, 1.807) is 0 Å². The van der Waals surface area contributed by atoms with Gasteiger partial charge in [-0.15, -0.1) is 12.6 Å². The molecule has 0 aliphatic carbocycles. The lowest BCUT2D eigenvalue weighted by Gasteiger charge is -2.24. The van der Waals surface area contributed by atoms with E-state index in [0.29, 0.717) is 0 Å². The van der Waals surface area contributed by atoms with Gasteiger partial charge in [-0.25, -0.2) is 0 Å². The van der Waals surface area contributed by atoms with E-state index in [-0.39, 0.29) is 5.50 Å². The third-order valence-corrected chi connectivity index (χ3v) is 3.45. The first-order valence-corrected chi connectivity index (χ1v) is 6.70. The highest BCUT2D eigenvalue weighted by Gasteiger charge is 2.27. The van der Waals surface area contributed by atoms with E-state index in [9.17, 15) is 0 Å². The van der Waals surface area contributed by atoms with Gasteiger partial charge in [-0.1, -0.05) is 48.0 Å². The molecule has 0 spiro atoms. The van der Waals surface area contributed by atoms with Gasteiger partial charge in [0.15, 0.2) is 11.3 Å². The van der Waals surface area contributed by atoms with E-state index >= 15 is 0 Å². The van der Waals surface area contributed by atoms with Crippen LogP contribution in [-0.2, 0) is 0 Å². The number of hydrazone groups is 1. The lowest BCUT2D eigenvalue weighted by molar-refractivity contribution is 0.761. The molecule has 1 aliphatic heterocycles. The Bertz CT molecular complexity index is 593.